The van der Waals surface area contributed by atoms with Crippen molar-refractivity contribution in [1.82, 2.24) is 0 Å². The van der Waals surface area contributed by atoms with Crippen molar-refractivity contribution < 1.29 is 30.6 Å². The van der Waals surface area contributed by atoms with Crippen LogP contribution >= 0.6 is 25.3 Å². The number of primary amides is 2. The van der Waals surface area contributed by atoms with Crippen molar-refractivity contribution in [3.8, 4) is 0 Å². The number of thiol groups is 2. The van der Waals surface area contributed by atoms with Gasteiger partial charge in [0.25, 0.3) is 11.8 Å². The van der Waals surface area contributed by atoms with Crippen molar-refractivity contribution in [3.05, 3.63) is 6.92 Å². The van der Waals surface area contributed by atoms with Crippen LogP contribution in [0.1, 0.15) is 45.4 Å². The molecule has 0 radical (unpaired) electrons. The molecule has 0 atom stereocenters. The van der Waals surface area contributed by atoms with Gasteiger partial charge in [-0.3, -0.25) is 20.4 Å². The van der Waals surface area contributed by atoms with Gasteiger partial charge in [-0.15, -0.1) is 0 Å². The van der Waals surface area contributed by atoms with Crippen molar-refractivity contribution in [2.24, 2.45) is 11.5 Å². The second-order valence-corrected chi connectivity index (χ2v) is 4.90. The first-order chi connectivity index (χ1) is 11.3. The number of rotatable bonds is 9. The Kier molecular flexibility index (Phi) is 35.3. The topological polar surface area (TPSA) is 151 Å². The van der Waals surface area contributed by atoms with Crippen molar-refractivity contribution in [3.63, 3.8) is 0 Å². The number of nitrogens with one attached hydrogen (secondary N) is 2. The van der Waals surface area contributed by atoms with Crippen LogP contribution < -0.4 is 11.5 Å². The van der Waals surface area contributed by atoms with Gasteiger partial charge in [0.1, 0.15) is 11.4 Å². The number of amides is 2. The fraction of sp³-hybridized carbons (Fsp3) is 0.643. The van der Waals surface area contributed by atoms with Crippen LogP contribution in [0.4, 0.5) is 0 Å². The average Bonchev–Trinajstić information content (AvgIpc) is 2.59. The summed E-state index contributed by atoms with van der Waals surface area (Å²) in [6.07, 6.45) is 7.98. The van der Waals surface area contributed by atoms with Gasteiger partial charge in [0.05, 0.1) is 0 Å². The van der Waals surface area contributed by atoms with Gasteiger partial charge in [0.2, 0.25) is 0 Å². The van der Waals surface area contributed by atoms with E-state index in [1.165, 1.54) is 32.1 Å². The molecular formula is C14H29N4O3S2V-. The van der Waals surface area contributed by atoms with E-state index in [2.05, 4.69) is 50.6 Å². The van der Waals surface area contributed by atoms with Crippen LogP contribution in [0.5, 0.6) is 0 Å². The maximum absolute atomic E-state index is 9.88. The van der Waals surface area contributed by atoms with Crippen LogP contribution in [-0.4, -0.2) is 34.7 Å². The summed E-state index contributed by atoms with van der Waals surface area (Å²) in [6, 6.07) is 0. The molecule has 10 heteroatoms. The number of hydrogen-bond donors (Lipinski definition) is 6. The Balaban J connectivity index is -0.000000119. The molecule has 0 bridgehead atoms. The van der Waals surface area contributed by atoms with E-state index < -0.39 is 11.8 Å². The van der Waals surface area contributed by atoms with Crippen LogP contribution in [-0.2, 0) is 30.6 Å². The third kappa shape index (κ3) is 33.1. The number of carbonyl (C=O) groups excluding carboxylic acids is 2. The fourth-order valence-electron chi connectivity index (χ4n) is 0.936. The summed E-state index contributed by atoms with van der Waals surface area (Å²) in [5.74, 6) is -1.16. The normalized spacial score (nSPS) is 8.12. The minimum atomic E-state index is -0.699. The first-order valence-corrected chi connectivity index (χ1v) is 9.05. The third-order valence-corrected chi connectivity index (χ3v) is 2.90. The van der Waals surface area contributed by atoms with E-state index in [9.17, 15) is 9.59 Å². The predicted octanol–water partition coefficient (Wildman–Crippen LogP) is 1.90. The number of nitrogens with two attached hydrogens (primary N) is 2. The molecule has 141 valence electrons. The first-order valence-electron chi connectivity index (χ1n) is 7.21. The monoisotopic (exact) mass is 416 g/mol. The van der Waals surface area contributed by atoms with E-state index >= 15 is 0 Å². The van der Waals surface area contributed by atoms with Gasteiger partial charge in [-0.1, -0.05) is 39.0 Å². The zero-order valence-electron chi connectivity index (χ0n) is 14.1. The van der Waals surface area contributed by atoms with Crippen LogP contribution in [0.15, 0.2) is 0 Å². The molecule has 0 rings (SSSR count). The van der Waals surface area contributed by atoms with Gasteiger partial charge in [0, 0.05) is 11.5 Å². The number of unbranched alkanes of at least 4 members (excludes halogenated alkanes) is 5. The summed E-state index contributed by atoms with van der Waals surface area (Å²) < 4.78 is 8.19. The second kappa shape index (κ2) is 27.2. The quantitative estimate of drug-likeness (QED) is 0.147. The van der Waals surface area contributed by atoms with E-state index in [0.717, 1.165) is 23.8 Å². The molecule has 0 aliphatic heterocycles. The molecule has 0 aromatic rings. The Morgan fingerprint density at radius 1 is 0.917 bits per heavy atom. The summed E-state index contributed by atoms with van der Waals surface area (Å²) in [5, 5.41) is 13.3. The molecule has 24 heavy (non-hydrogen) atoms. The maximum atomic E-state index is 9.88. The van der Waals surface area contributed by atoms with Crippen molar-refractivity contribution >= 4 is 48.5 Å². The Labute approximate surface area is 165 Å². The molecule has 0 heterocycles. The molecule has 0 unspecified atom stereocenters. The summed E-state index contributed by atoms with van der Waals surface area (Å²) in [5.41, 5.74) is 8.97. The number of hydrogen-bond acceptors (Lipinski definition) is 7. The van der Waals surface area contributed by atoms with E-state index in [1.807, 2.05) is 0 Å². The molecule has 0 saturated heterocycles. The van der Waals surface area contributed by atoms with E-state index in [4.69, 9.17) is 14.5 Å². The average molecular weight is 416 g/mol. The van der Waals surface area contributed by atoms with Gasteiger partial charge in [0.15, 0.2) is 0 Å². The Morgan fingerprint density at radius 2 is 1.25 bits per heavy atom. The molecule has 0 aliphatic carbocycles. The molecule has 0 aromatic carbocycles. The van der Waals surface area contributed by atoms with Gasteiger partial charge in [-0.25, -0.2) is 0 Å². The van der Waals surface area contributed by atoms with Crippen LogP contribution in [0.3, 0.4) is 0 Å². The van der Waals surface area contributed by atoms with E-state index in [-0.39, 0.29) is 22.9 Å². The molecule has 0 aliphatic rings. The third-order valence-electron chi connectivity index (χ3n) is 2.26. The van der Waals surface area contributed by atoms with Crippen LogP contribution in [0.25, 0.3) is 0 Å². The molecule has 0 aromatic heterocycles. The van der Waals surface area contributed by atoms with Gasteiger partial charge >= 0.3 is 21.0 Å². The first kappa shape index (κ1) is 31.2. The van der Waals surface area contributed by atoms with Crippen LogP contribution in [0.2, 0.25) is 0 Å². The van der Waals surface area contributed by atoms with E-state index in [0.29, 0.717) is 0 Å². The van der Waals surface area contributed by atoms with Crippen molar-refractivity contribution in [2.45, 2.75) is 45.4 Å². The molecular weight excluding hydrogens is 387 g/mol. The summed E-state index contributed by atoms with van der Waals surface area (Å²) in [6.45, 7) is 6.02. The zero-order chi connectivity index (χ0) is 20.0. The summed E-state index contributed by atoms with van der Waals surface area (Å²) >= 11 is 8.32. The number of carbonyl (C=O) groups is 2. The van der Waals surface area contributed by atoms with Gasteiger partial charge in [-0.05, 0) is 0 Å². The molecule has 7 nitrogen and oxygen atoms in total. The minimum absolute atomic E-state index is 0.120. The molecule has 2 amide bonds. The van der Waals surface area contributed by atoms with Crippen molar-refractivity contribution in [2.75, 3.05) is 11.5 Å². The van der Waals surface area contributed by atoms with Crippen LogP contribution in [0, 0.1) is 17.7 Å². The van der Waals surface area contributed by atoms with Gasteiger partial charge in [-0.2, -0.15) is 31.7 Å². The molecule has 6 N–H and O–H groups in total. The predicted molar refractivity (Wildman–Crippen MR) is 101 cm³/mol. The fourth-order valence-corrected chi connectivity index (χ4v) is 1.25. The van der Waals surface area contributed by atoms with Gasteiger partial charge < -0.3 is 18.4 Å². The molecule has 0 spiro atoms. The Bertz CT molecular complexity index is 327. The van der Waals surface area contributed by atoms with E-state index in [1.54, 1.807) is 0 Å². The molecule has 0 fully saturated rings. The Morgan fingerprint density at radius 3 is 1.42 bits per heavy atom. The second-order valence-electron chi connectivity index (χ2n) is 4.27. The summed E-state index contributed by atoms with van der Waals surface area (Å²) in [4.78, 5) is 19.8. The summed E-state index contributed by atoms with van der Waals surface area (Å²) in [7, 11) is 0. The molecule has 0 saturated carbocycles. The zero-order valence-corrected chi connectivity index (χ0v) is 17.3. The standard InChI is InChI=1S/C8H17.2C3H6N2OS.O.V/c1-3-5-7-8-6-4-2;2*4-2(1-7)3(5)6;;/h1,3-8H2,2H3;2*4,7H,1H2,(H2,5,6);;/q-1;;;;. The van der Waals surface area contributed by atoms with Crippen molar-refractivity contribution in [1.29, 1.82) is 10.8 Å². The Hall–Kier alpha value is -0.636. The SMILES string of the molecule is N=C(CS)C(N)=O.N=C(CS)C(N)=O.[CH2-]CCCCCCC.[O]=[V].